The van der Waals surface area contributed by atoms with Crippen LogP contribution in [0.25, 0.3) is 0 Å². The lowest BCUT2D eigenvalue weighted by atomic mass is 9.94. The maximum atomic E-state index is 12.1. The second kappa shape index (κ2) is 4.65. The fourth-order valence-corrected chi connectivity index (χ4v) is 4.18. The van der Waals surface area contributed by atoms with E-state index in [9.17, 15) is 8.42 Å². The average molecular weight is 295 g/mol. The molecule has 0 aromatic heterocycles. The summed E-state index contributed by atoms with van der Waals surface area (Å²) in [6.45, 7) is 0. The van der Waals surface area contributed by atoms with Crippen molar-refractivity contribution in [2.75, 3.05) is 5.73 Å². The fourth-order valence-electron chi connectivity index (χ4n) is 1.64. The minimum absolute atomic E-state index is 0.00955. The predicted octanol–water partition coefficient (Wildman–Crippen LogP) is 2.41. The van der Waals surface area contributed by atoms with E-state index in [4.69, 9.17) is 28.9 Å². The SMILES string of the molecule is Nc1cc(Cl)c(S(=O)(=O)NC2CCC2)c(Cl)c1. The molecular weight excluding hydrogens is 283 g/mol. The van der Waals surface area contributed by atoms with Crippen LogP contribution in [0.3, 0.4) is 0 Å². The number of nitrogens with one attached hydrogen (secondary N) is 1. The Morgan fingerprint density at radius 3 is 2.18 bits per heavy atom. The van der Waals surface area contributed by atoms with Gasteiger partial charge in [0.1, 0.15) is 4.90 Å². The van der Waals surface area contributed by atoms with Gasteiger partial charge in [-0.1, -0.05) is 29.6 Å². The van der Waals surface area contributed by atoms with Crippen molar-refractivity contribution in [3.8, 4) is 0 Å². The molecule has 1 aliphatic rings. The third kappa shape index (κ3) is 2.68. The topological polar surface area (TPSA) is 72.2 Å². The van der Waals surface area contributed by atoms with Crippen LogP contribution in [-0.4, -0.2) is 14.5 Å². The average Bonchev–Trinajstić information content (AvgIpc) is 2.09. The number of anilines is 1. The zero-order chi connectivity index (χ0) is 12.6. The standard InChI is InChI=1S/C10H12Cl2N2O2S/c11-8-4-6(13)5-9(12)10(8)17(15,16)14-7-2-1-3-7/h4-5,7,14H,1-3,13H2. The molecule has 1 aliphatic carbocycles. The molecule has 1 aromatic carbocycles. The molecule has 2 rings (SSSR count). The van der Waals surface area contributed by atoms with Crippen molar-refractivity contribution < 1.29 is 8.42 Å². The molecule has 7 heteroatoms. The molecular formula is C10H12Cl2N2O2S. The lowest BCUT2D eigenvalue weighted by Gasteiger charge is -2.26. The molecule has 0 radical (unpaired) electrons. The van der Waals surface area contributed by atoms with Crippen LogP contribution in [0.1, 0.15) is 19.3 Å². The molecule has 0 amide bonds. The summed E-state index contributed by atoms with van der Waals surface area (Å²) in [6, 6.07) is 2.75. The number of benzene rings is 1. The molecule has 3 N–H and O–H groups in total. The summed E-state index contributed by atoms with van der Waals surface area (Å²) in [5.74, 6) is 0. The van der Waals surface area contributed by atoms with Gasteiger partial charge in [-0.15, -0.1) is 0 Å². The molecule has 17 heavy (non-hydrogen) atoms. The van der Waals surface area contributed by atoms with Gasteiger partial charge in [-0.25, -0.2) is 13.1 Å². The van der Waals surface area contributed by atoms with Crippen LogP contribution in [0, 0.1) is 0 Å². The molecule has 0 bridgehead atoms. The molecule has 0 aliphatic heterocycles. The van der Waals surface area contributed by atoms with Crippen LogP contribution in [0.2, 0.25) is 10.0 Å². The predicted molar refractivity (Wildman–Crippen MR) is 68.8 cm³/mol. The van der Waals surface area contributed by atoms with Crippen LogP contribution >= 0.6 is 23.2 Å². The lowest BCUT2D eigenvalue weighted by molar-refractivity contribution is 0.383. The molecule has 0 unspecified atom stereocenters. The number of sulfonamides is 1. The van der Waals surface area contributed by atoms with Gasteiger partial charge in [0.25, 0.3) is 0 Å². The molecule has 0 heterocycles. The quantitative estimate of drug-likeness (QED) is 0.841. The number of nitrogens with two attached hydrogens (primary N) is 1. The van der Waals surface area contributed by atoms with Gasteiger partial charge in [-0.3, -0.25) is 0 Å². The number of hydrogen-bond donors (Lipinski definition) is 2. The Kier molecular flexibility index (Phi) is 3.54. The molecule has 1 aromatic rings. The van der Waals surface area contributed by atoms with E-state index in [1.165, 1.54) is 12.1 Å². The fraction of sp³-hybridized carbons (Fsp3) is 0.400. The Bertz CT molecular complexity index is 518. The third-order valence-electron chi connectivity index (χ3n) is 2.72. The monoisotopic (exact) mass is 294 g/mol. The molecule has 0 atom stereocenters. The Hall–Kier alpha value is -0.490. The Morgan fingerprint density at radius 2 is 1.76 bits per heavy atom. The number of rotatable bonds is 3. The second-order valence-corrected chi connectivity index (χ2v) is 6.53. The van der Waals surface area contributed by atoms with Gasteiger partial charge >= 0.3 is 0 Å². The highest BCUT2D eigenvalue weighted by molar-refractivity contribution is 7.89. The smallest absolute Gasteiger partial charge is 0.243 e. The largest absolute Gasteiger partial charge is 0.399 e. The zero-order valence-corrected chi connectivity index (χ0v) is 11.2. The van der Waals surface area contributed by atoms with Crippen molar-refractivity contribution >= 4 is 38.9 Å². The van der Waals surface area contributed by atoms with Crippen molar-refractivity contribution in [3.63, 3.8) is 0 Å². The molecule has 0 saturated heterocycles. The Balaban J connectivity index is 2.38. The first-order valence-corrected chi connectivity index (χ1v) is 7.41. The normalized spacial score (nSPS) is 16.8. The van der Waals surface area contributed by atoms with Gasteiger partial charge < -0.3 is 5.73 Å². The second-order valence-electron chi connectivity index (χ2n) is 4.06. The molecule has 94 valence electrons. The lowest BCUT2D eigenvalue weighted by Crippen LogP contribution is -2.39. The maximum Gasteiger partial charge on any atom is 0.243 e. The summed E-state index contributed by atoms with van der Waals surface area (Å²) in [7, 11) is -3.67. The van der Waals surface area contributed by atoms with Crippen LogP contribution in [-0.2, 0) is 10.0 Å². The Morgan fingerprint density at radius 1 is 1.24 bits per heavy atom. The Labute approximate surface area is 110 Å². The van der Waals surface area contributed by atoms with E-state index < -0.39 is 10.0 Å². The number of nitrogen functional groups attached to an aromatic ring is 1. The molecule has 1 fully saturated rings. The summed E-state index contributed by atoms with van der Waals surface area (Å²) in [4.78, 5) is -0.0954. The van der Waals surface area contributed by atoms with E-state index in [0.717, 1.165) is 19.3 Å². The van der Waals surface area contributed by atoms with E-state index in [-0.39, 0.29) is 21.0 Å². The van der Waals surface area contributed by atoms with Crippen molar-refractivity contribution in [2.24, 2.45) is 0 Å². The molecule has 1 saturated carbocycles. The van der Waals surface area contributed by atoms with Crippen molar-refractivity contribution in [2.45, 2.75) is 30.2 Å². The van der Waals surface area contributed by atoms with Crippen molar-refractivity contribution in [1.29, 1.82) is 0 Å². The summed E-state index contributed by atoms with van der Waals surface area (Å²) in [5, 5.41) is 0.0867. The number of halogens is 2. The van der Waals surface area contributed by atoms with Crippen LogP contribution in [0.5, 0.6) is 0 Å². The summed E-state index contributed by atoms with van der Waals surface area (Å²) in [5.41, 5.74) is 5.86. The highest BCUT2D eigenvalue weighted by Crippen LogP contribution is 2.32. The first-order valence-electron chi connectivity index (χ1n) is 5.17. The van der Waals surface area contributed by atoms with Crippen LogP contribution in [0.4, 0.5) is 5.69 Å². The first kappa shape index (κ1) is 13.0. The van der Waals surface area contributed by atoms with Gasteiger partial charge in [-0.05, 0) is 25.0 Å². The zero-order valence-electron chi connectivity index (χ0n) is 8.91. The van der Waals surface area contributed by atoms with E-state index >= 15 is 0 Å². The van der Waals surface area contributed by atoms with Gasteiger partial charge in [0.05, 0.1) is 10.0 Å². The van der Waals surface area contributed by atoms with Crippen molar-refractivity contribution in [1.82, 2.24) is 4.72 Å². The summed E-state index contributed by atoms with van der Waals surface area (Å²) in [6.07, 6.45) is 2.74. The van der Waals surface area contributed by atoms with E-state index in [2.05, 4.69) is 4.72 Å². The van der Waals surface area contributed by atoms with E-state index in [1.807, 2.05) is 0 Å². The van der Waals surface area contributed by atoms with Crippen LogP contribution < -0.4 is 10.5 Å². The van der Waals surface area contributed by atoms with Crippen molar-refractivity contribution in [3.05, 3.63) is 22.2 Å². The van der Waals surface area contributed by atoms with E-state index in [1.54, 1.807) is 0 Å². The summed E-state index contributed by atoms with van der Waals surface area (Å²) < 4.78 is 26.7. The maximum absolute atomic E-state index is 12.1. The van der Waals surface area contributed by atoms with Gasteiger partial charge in [0.2, 0.25) is 10.0 Å². The highest BCUT2D eigenvalue weighted by Gasteiger charge is 2.28. The minimum atomic E-state index is -3.67. The van der Waals surface area contributed by atoms with Gasteiger partial charge in [0, 0.05) is 11.7 Å². The molecule has 0 spiro atoms. The molecule has 4 nitrogen and oxygen atoms in total. The highest BCUT2D eigenvalue weighted by atomic mass is 35.5. The van der Waals surface area contributed by atoms with Gasteiger partial charge in [0.15, 0.2) is 0 Å². The van der Waals surface area contributed by atoms with Crippen LogP contribution in [0.15, 0.2) is 17.0 Å². The summed E-state index contributed by atoms with van der Waals surface area (Å²) >= 11 is 11.8. The minimum Gasteiger partial charge on any atom is -0.399 e. The first-order chi connectivity index (χ1) is 7.90. The van der Waals surface area contributed by atoms with Gasteiger partial charge in [-0.2, -0.15) is 0 Å². The number of hydrogen-bond acceptors (Lipinski definition) is 3. The third-order valence-corrected chi connectivity index (χ3v) is 5.16. The van der Waals surface area contributed by atoms with E-state index in [0.29, 0.717) is 5.69 Å².